The number of rotatable bonds is 3. The van der Waals surface area contributed by atoms with Crippen molar-refractivity contribution < 1.29 is 17.2 Å². The van der Waals surface area contributed by atoms with Gasteiger partial charge >= 0.3 is 0 Å². The normalized spacial score (nSPS) is 11.3. The Morgan fingerprint density at radius 2 is 1.65 bits per heavy atom. The summed E-state index contributed by atoms with van der Waals surface area (Å²) in [6.45, 7) is 0. The maximum absolute atomic E-state index is 13.1. The van der Waals surface area contributed by atoms with Crippen LogP contribution in [0.3, 0.4) is 0 Å². The summed E-state index contributed by atoms with van der Waals surface area (Å²) in [6.07, 6.45) is 0. The smallest absolute Gasteiger partial charge is 0.264 e. The molecular formula is C12H9BrF2N2O2S. The molecule has 20 heavy (non-hydrogen) atoms. The molecule has 2 aromatic carbocycles. The van der Waals surface area contributed by atoms with E-state index in [9.17, 15) is 17.2 Å². The van der Waals surface area contributed by atoms with Gasteiger partial charge in [0.15, 0.2) is 0 Å². The summed E-state index contributed by atoms with van der Waals surface area (Å²) in [4.78, 5) is -0.381. The van der Waals surface area contributed by atoms with Gasteiger partial charge in [-0.05, 0) is 52.3 Å². The van der Waals surface area contributed by atoms with Gasteiger partial charge in [-0.15, -0.1) is 0 Å². The molecule has 0 aliphatic heterocycles. The van der Waals surface area contributed by atoms with Gasteiger partial charge in [0.25, 0.3) is 10.0 Å². The van der Waals surface area contributed by atoms with Crippen molar-refractivity contribution in [3.8, 4) is 0 Å². The molecule has 0 amide bonds. The van der Waals surface area contributed by atoms with E-state index in [1.54, 1.807) is 0 Å². The molecule has 0 bridgehead atoms. The van der Waals surface area contributed by atoms with Gasteiger partial charge in [0.05, 0.1) is 11.4 Å². The van der Waals surface area contributed by atoms with Gasteiger partial charge in [0, 0.05) is 4.47 Å². The molecule has 4 nitrogen and oxygen atoms in total. The van der Waals surface area contributed by atoms with Gasteiger partial charge in [0.1, 0.15) is 16.5 Å². The van der Waals surface area contributed by atoms with Crippen molar-refractivity contribution in [2.45, 2.75) is 4.90 Å². The Morgan fingerprint density at radius 1 is 1.05 bits per heavy atom. The molecule has 2 aromatic rings. The molecule has 0 fully saturated rings. The van der Waals surface area contributed by atoms with Crippen molar-refractivity contribution in [1.82, 2.24) is 0 Å². The van der Waals surface area contributed by atoms with Crippen LogP contribution in [0.2, 0.25) is 0 Å². The van der Waals surface area contributed by atoms with Crippen LogP contribution in [0.5, 0.6) is 0 Å². The summed E-state index contributed by atoms with van der Waals surface area (Å²) in [5, 5.41) is 0. The third kappa shape index (κ3) is 3.07. The van der Waals surface area contributed by atoms with Crippen LogP contribution >= 0.6 is 15.9 Å². The Kier molecular flexibility index (Phi) is 3.96. The van der Waals surface area contributed by atoms with E-state index in [0.29, 0.717) is 0 Å². The second kappa shape index (κ2) is 5.37. The zero-order valence-electron chi connectivity index (χ0n) is 9.90. The van der Waals surface area contributed by atoms with Gasteiger partial charge in [-0.25, -0.2) is 17.2 Å². The summed E-state index contributed by atoms with van der Waals surface area (Å²) in [6, 6.07) is 6.47. The zero-order chi connectivity index (χ0) is 14.9. The quantitative estimate of drug-likeness (QED) is 0.824. The SMILES string of the molecule is Nc1ccc(F)cc1S(=O)(=O)Nc1ccc(F)cc1Br. The van der Waals surface area contributed by atoms with E-state index in [2.05, 4.69) is 20.7 Å². The Bertz CT molecular complexity index is 766. The predicted octanol–water partition coefficient (Wildman–Crippen LogP) is 3.11. The standard InChI is InChI=1S/C12H9BrF2N2O2S/c13-9-5-7(14)2-4-11(9)17-20(18,19)12-6-8(15)1-3-10(12)16/h1-6,17H,16H2. The van der Waals surface area contributed by atoms with Crippen LogP contribution in [0.15, 0.2) is 45.8 Å². The van der Waals surface area contributed by atoms with Crippen molar-refractivity contribution in [1.29, 1.82) is 0 Å². The van der Waals surface area contributed by atoms with E-state index < -0.39 is 21.7 Å². The highest BCUT2D eigenvalue weighted by atomic mass is 79.9. The first kappa shape index (κ1) is 14.7. The third-order valence-electron chi connectivity index (χ3n) is 2.44. The summed E-state index contributed by atoms with van der Waals surface area (Å²) >= 11 is 3.03. The number of hydrogen-bond donors (Lipinski definition) is 2. The summed E-state index contributed by atoms with van der Waals surface area (Å²) in [7, 11) is -4.07. The van der Waals surface area contributed by atoms with Crippen LogP contribution < -0.4 is 10.5 Å². The van der Waals surface area contributed by atoms with Gasteiger partial charge in [-0.2, -0.15) is 0 Å². The summed E-state index contributed by atoms with van der Waals surface area (Å²) in [5.74, 6) is -1.25. The fraction of sp³-hybridized carbons (Fsp3) is 0. The Balaban J connectivity index is 2.43. The monoisotopic (exact) mass is 362 g/mol. The van der Waals surface area contributed by atoms with E-state index in [0.717, 1.165) is 30.3 Å². The fourth-order valence-electron chi connectivity index (χ4n) is 1.51. The van der Waals surface area contributed by atoms with Crippen LogP contribution in [0.25, 0.3) is 0 Å². The van der Waals surface area contributed by atoms with Crippen molar-refractivity contribution in [2.75, 3.05) is 10.5 Å². The fourth-order valence-corrected chi connectivity index (χ4v) is 3.32. The number of nitrogens with one attached hydrogen (secondary N) is 1. The van der Waals surface area contributed by atoms with E-state index in [-0.39, 0.29) is 20.7 Å². The second-order valence-electron chi connectivity index (χ2n) is 3.91. The first-order chi connectivity index (χ1) is 9.29. The number of benzene rings is 2. The number of anilines is 2. The van der Waals surface area contributed by atoms with Crippen LogP contribution in [0, 0.1) is 11.6 Å². The molecule has 2 rings (SSSR count). The second-order valence-corrected chi connectivity index (χ2v) is 6.42. The molecule has 0 aromatic heterocycles. The van der Waals surface area contributed by atoms with Gasteiger partial charge in [-0.1, -0.05) is 0 Å². The highest BCUT2D eigenvalue weighted by molar-refractivity contribution is 9.10. The number of nitrogens with two attached hydrogens (primary N) is 1. The molecule has 0 heterocycles. The maximum Gasteiger partial charge on any atom is 0.264 e. The summed E-state index contributed by atoms with van der Waals surface area (Å²) < 4.78 is 52.8. The third-order valence-corrected chi connectivity index (χ3v) is 4.52. The van der Waals surface area contributed by atoms with Crippen molar-refractivity contribution in [2.24, 2.45) is 0 Å². The van der Waals surface area contributed by atoms with Crippen LogP contribution in [0.4, 0.5) is 20.2 Å². The van der Waals surface area contributed by atoms with Crippen molar-refractivity contribution in [3.63, 3.8) is 0 Å². The molecule has 0 unspecified atom stereocenters. The number of nitrogen functional groups attached to an aromatic ring is 1. The zero-order valence-corrected chi connectivity index (χ0v) is 12.3. The van der Waals surface area contributed by atoms with Crippen LogP contribution in [-0.2, 0) is 10.0 Å². The minimum Gasteiger partial charge on any atom is -0.398 e. The highest BCUT2D eigenvalue weighted by Crippen LogP contribution is 2.27. The Labute approximate surface area is 122 Å². The molecule has 0 saturated heterocycles. The lowest BCUT2D eigenvalue weighted by molar-refractivity contribution is 0.595. The molecule has 0 aliphatic carbocycles. The largest absolute Gasteiger partial charge is 0.398 e. The topological polar surface area (TPSA) is 72.2 Å². The average Bonchev–Trinajstić information content (AvgIpc) is 2.35. The number of halogens is 3. The molecule has 0 spiro atoms. The van der Waals surface area contributed by atoms with E-state index in [1.807, 2.05) is 0 Å². The number of sulfonamides is 1. The van der Waals surface area contributed by atoms with Crippen LogP contribution in [0.1, 0.15) is 0 Å². The first-order valence-electron chi connectivity index (χ1n) is 5.32. The van der Waals surface area contributed by atoms with Crippen molar-refractivity contribution >= 4 is 37.3 Å². The molecule has 0 aliphatic rings. The Hall–Kier alpha value is -1.67. The highest BCUT2D eigenvalue weighted by Gasteiger charge is 2.19. The minimum absolute atomic E-state index is 0.0860. The summed E-state index contributed by atoms with van der Waals surface area (Å²) in [5.41, 5.74) is 5.57. The molecule has 106 valence electrons. The molecule has 0 atom stereocenters. The first-order valence-corrected chi connectivity index (χ1v) is 7.60. The lowest BCUT2D eigenvalue weighted by atomic mass is 10.3. The minimum atomic E-state index is -4.07. The maximum atomic E-state index is 13.1. The molecule has 3 N–H and O–H groups in total. The van der Waals surface area contributed by atoms with E-state index in [1.165, 1.54) is 6.07 Å². The van der Waals surface area contributed by atoms with Gasteiger partial charge < -0.3 is 5.73 Å². The molecular weight excluding hydrogens is 354 g/mol. The lowest BCUT2D eigenvalue weighted by Gasteiger charge is -2.11. The van der Waals surface area contributed by atoms with E-state index >= 15 is 0 Å². The van der Waals surface area contributed by atoms with Gasteiger partial charge in [0.2, 0.25) is 0 Å². The molecule has 0 radical (unpaired) electrons. The average molecular weight is 363 g/mol. The predicted molar refractivity (Wildman–Crippen MR) is 75.7 cm³/mol. The van der Waals surface area contributed by atoms with Crippen LogP contribution in [-0.4, -0.2) is 8.42 Å². The van der Waals surface area contributed by atoms with Crippen molar-refractivity contribution in [3.05, 3.63) is 52.5 Å². The molecule has 8 heteroatoms. The van der Waals surface area contributed by atoms with E-state index in [4.69, 9.17) is 5.73 Å². The van der Waals surface area contributed by atoms with Gasteiger partial charge in [-0.3, -0.25) is 4.72 Å². The molecule has 0 saturated carbocycles. The lowest BCUT2D eigenvalue weighted by Crippen LogP contribution is -2.15. The number of hydrogen-bond acceptors (Lipinski definition) is 3. The Morgan fingerprint density at radius 3 is 2.30 bits per heavy atom.